The van der Waals surface area contributed by atoms with E-state index >= 15 is 0 Å². The average molecular weight is 255 g/mol. The van der Waals surface area contributed by atoms with Gasteiger partial charge in [0.15, 0.2) is 6.04 Å². The summed E-state index contributed by atoms with van der Waals surface area (Å²) in [4.78, 5) is 4.07. The predicted octanol–water partition coefficient (Wildman–Crippen LogP) is 1.25. The van der Waals surface area contributed by atoms with Crippen LogP contribution in [-0.2, 0) is 6.54 Å². The van der Waals surface area contributed by atoms with Crippen molar-refractivity contribution in [1.82, 2.24) is 5.32 Å². The molecule has 0 amide bonds. The second kappa shape index (κ2) is 7.46. The van der Waals surface area contributed by atoms with E-state index in [1.165, 1.54) is 6.34 Å². The van der Waals surface area contributed by atoms with Crippen molar-refractivity contribution in [2.24, 2.45) is 4.99 Å². The van der Waals surface area contributed by atoms with Gasteiger partial charge in [0.1, 0.15) is 17.5 Å². The minimum absolute atomic E-state index is 0.335. The van der Waals surface area contributed by atoms with Gasteiger partial charge in [0.05, 0.1) is 26.1 Å². The Hall–Kier alpha value is -2.86. The van der Waals surface area contributed by atoms with Crippen LogP contribution in [0.1, 0.15) is 5.56 Å². The lowest BCUT2D eigenvalue weighted by molar-refractivity contribution is 0.414. The van der Waals surface area contributed by atoms with Gasteiger partial charge in [0, 0.05) is 0 Å². The molecule has 1 aromatic carbocycles. The van der Waals surface area contributed by atoms with Crippen molar-refractivity contribution < 1.29 is 4.74 Å². The van der Waals surface area contributed by atoms with Gasteiger partial charge in [-0.05, 0) is 17.7 Å². The minimum Gasteiger partial charge on any atom is -0.497 e. The summed E-state index contributed by atoms with van der Waals surface area (Å²) in [5.41, 5.74) is 0.654. The molecule has 0 radical (unpaired) electrons. The third kappa shape index (κ3) is 4.49. The molecule has 0 aliphatic heterocycles. The molecule has 6 heteroatoms. The molecular formula is C13H13N5O. The zero-order chi connectivity index (χ0) is 14.1. The molecule has 1 atom stereocenters. The Morgan fingerprint density at radius 2 is 2.16 bits per heavy atom. The summed E-state index contributed by atoms with van der Waals surface area (Å²) in [6.45, 7) is 0.440. The van der Waals surface area contributed by atoms with Crippen LogP contribution in [0.3, 0.4) is 0 Å². The van der Waals surface area contributed by atoms with Gasteiger partial charge in [-0.1, -0.05) is 12.1 Å². The second-order valence-corrected chi connectivity index (χ2v) is 3.57. The van der Waals surface area contributed by atoms with E-state index < -0.39 is 6.04 Å². The fourth-order valence-corrected chi connectivity index (χ4v) is 1.26. The van der Waals surface area contributed by atoms with E-state index in [0.717, 1.165) is 11.3 Å². The molecule has 0 aliphatic carbocycles. The highest BCUT2D eigenvalue weighted by atomic mass is 16.5. The maximum atomic E-state index is 8.72. The summed E-state index contributed by atoms with van der Waals surface area (Å²) in [6.07, 6.45) is 1.34. The van der Waals surface area contributed by atoms with Crippen molar-refractivity contribution in [3.05, 3.63) is 29.8 Å². The van der Waals surface area contributed by atoms with Gasteiger partial charge in [0.2, 0.25) is 0 Å². The summed E-state index contributed by atoms with van der Waals surface area (Å²) < 4.78 is 5.04. The molecule has 2 N–H and O–H groups in total. The van der Waals surface area contributed by atoms with E-state index in [-0.39, 0.29) is 5.71 Å². The van der Waals surface area contributed by atoms with Gasteiger partial charge < -0.3 is 10.1 Å². The largest absolute Gasteiger partial charge is 0.497 e. The first kappa shape index (κ1) is 14.2. The molecule has 0 saturated carbocycles. The van der Waals surface area contributed by atoms with Crippen LogP contribution >= 0.6 is 0 Å². The van der Waals surface area contributed by atoms with E-state index in [1.807, 2.05) is 24.3 Å². The van der Waals surface area contributed by atoms with Crippen molar-refractivity contribution >= 4 is 12.1 Å². The number of aliphatic imine (C=N–C) groups is 1. The molecule has 0 heterocycles. The SMILES string of the molecule is COc1ccc(CN=CNC(C#N)C(=N)C#N)cc1. The third-order valence-corrected chi connectivity index (χ3v) is 2.30. The van der Waals surface area contributed by atoms with Gasteiger partial charge in [-0.2, -0.15) is 10.5 Å². The molecule has 0 bridgehead atoms. The lowest BCUT2D eigenvalue weighted by Gasteiger charge is -2.04. The first-order valence-electron chi connectivity index (χ1n) is 5.46. The van der Waals surface area contributed by atoms with Gasteiger partial charge in [-0.3, -0.25) is 10.4 Å². The predicted molar refractivity (Wildman–Crippen MR) is 71.1 cm³/mol. The molecule has 0 saturated heterocycles. The number of hydrogen-bond acceptors (Lipinski definition) is 5. The molecule has 0 aliphatic rings. The first-order chi connectivity index (χ1) is 9.21. The lowest BCUT2D eigenvalue weighted by atomic mass is 10.2. The molecule has 0 spiro atoms. The number of nitriles is 2. The maximum Gasteiger partial charge on any atom is 0.167 e. The van der Waals surface area contributed by atoms with Crippen LogP contribution in [0.2, 0.25) is 0 Å². The standard InChI is InChI=1S/C13H13N5O/c1-19-11-4-2-10(3-5-11)8-17-9-18-13(7-15)12(16)6-14/h2-5,9,13,16H,8H2,1H3,(H,17,18). The number of ether oxygens (including phenoxy) is 1. The zero-order valence-electron chi connectivity index (χ0n) is 10.4. The molecule has 96 valence electrons. The minimum atomic E-state index is -0.954. The molecule has 1 aromatic rings. The van der Waals surface area contributed by atoms with Crippen molar-refractivity contribution in [3.63, 3.8) is 0 Å². The lowest BCUT2D eigenvalue weighted by Crippen LogP contribution is -2.33. The van der Waals surface area contributed by atoms with Crippen LogP contribution in [0.4, 0.5) is 0 Å². The summed E-state index contributed by atoms with van der Waals surface area (Å²) >= 11 is 0. The number of nitrogens with one attached hydrogen (secondary N) is 2. The molecule has 1 rings (SSSR count). The highest BCUT2D eigenvalue weighted by molar-refractivity contribution is 6.02. The summed E-state index contributed by atoms with van der Waals surface area (Å²) in [6, 6.07) is 9.89. The Kier molecular flexibility index (Phi) is 5.58. The summed E-state index contributed by atoms with van der Waals surface area (Å²) in [7, 11) is 1.60. The smallest absolute Gasteiger partial charge is 0.167 e. The molecule has 1 unspecified atom stereocenters. The number of benzene rings is 1. The second-order valence-electron chi connectivity index (χ2n) is 3.57. The Labute approximate surface area is 111 Å². The molecule has 6 nitrogen and oxygen atoms in total. The van der Waals surface area contributed by atoms with Crippen molar-refractivity contribution in [3.8, 4) is 17.9 Å². The van der Waals surface area contributed by atoms with Crippen molar-refractivity contribution in [1.29, 1.82) is 15.9 Å². The van der Waals surface area contributed by atoms with Crippen LogP contribution in [0, 0.1) is 28.1 Å². The topological polar surface area (TPSA) is 105 Å². The van der Waals surface area contributed by atoms with Gasteiger partial charge in [-0.15, -0.1) is 0 Å². The first-order valence-corrected chi connectivity index (χ1v) is 5.46. The summed E-state index contributed by atoms with van der Waals surface area (Å²) in [5.74, 6) is 0.776. The van der Waals surface area contributed by atoms with Crippen LogP contribution in [0.5, 0.6) is 5.75 Å². The van der Waals surface area contributed by atoms with Crippen LogP contribution in [0.25, 0.3) is 0 Å². The Balaban J connectivity index is 2.48. The number of methoxy groups -OCH3 is 1. The van der Waals surface area contributed by atoms with Gasteiger partial charge in [-0.25, -0.2) is 0 Å². The third-order valence-electron chi connectivity index (χ3n) is 2.30. The molecule has 19 heavy (non-hydrogen) atoms. The van der Waals surface area contributed by atoms with E-state index in [0.29, 0.717) is 6.54 Å². The number of rotatable bonds is 6. The van der Waals surface area contributed by atoms with Gasteiger partial charge >= 0.3 is 0 Å². The zero-order valence-corrected chi connectivity index (χ0v) is 10.4. The van der Waals surface area contributed by atoms with E-state index in [2.05, 4.69) is 10.3 Å². The molecule has 0 aromatic heterocycles. The van der Waals surface area contributed by atoms with Gasteiger partial charge in [0.25, 0.3) is 0 Å². The van der Waals surface area contributed by atoms with Crippen molar-refractivity contribution in [2.45, 2.75) is 12.6 Å². The van der Waals surface area contributed by atoms with Crippen LogP contribution < -0.4 is 10.1 Å². The van der Waals surface area contributed by atoms with Crippen LogP contribution in [-0.4, -0.2) is 25.2 Å². The number of nitrogens with zero attached hydrogens (tertiary/aromatic N) is 3. The maximum absolute atomic E-state index is 8.72. The number of hydrogen-bond donors (Lipinski definition) is 2. The van der Waals surface area contributed by atoms with Crippen molar-refractivity contribution in [2.75, 3.05) is 7.11 Å². The monoisotopic (exact) mass is 255 g/mol. The highest BCUT2D eigenvalue weighted by Gasteiger charge is 2.10. The quantitative estimate of drug-likeness (QED) is 0.589. The highest BCUT2D eigenvalue weighted by Crippen LogP contribution is 2.11. The average Bonchev–Trinajstić information content (AvgIpc) is 2.47. The molecule has 0 fully saturated rings. The molecular weight excluding hydrogens is 242 g/mol. The Morgan fingerprint density at radius 3 is 2.68 bits per heavy atom. The summed E-state index contributed by atoms with van der Waals surface area (Å²) in [5, 5.41) is 27.0. The normalized spacial score (nSPS) is 11.3. The van der Waals surface area contributed by atoms with E-state index in [4.69, 9.17) is 20.7 Å². The Bertz CT molecular complexity index is 536. The fourth-order valence-electron chi connectivity index (χ4n) is 1.26. The fraction of sp³-hybridized carbons (Fsp3) is 0.231. The van der Waals surface area contributed by atoms with E-state index in [1.54, 1.807) is 19.2 Å². The van der Waals surface area contributed by atoms with E-state index in [9.17, 15) is 0 Å². The Morgan fingerprint density at radius 1 is 1.47 bits per heavy atom. The van der Waals surface area contributed by atoms with Crippen LogP contribution in [0.15, 0.2) is 29.3 Å².